The van der Waals surface area contributed by atoms with Gasteiger partial charge in [-0.2, -0.15) is 4.98 Å². The fraction of sp³-hybridized carbons (Fsp3) is 0.600. The molecule has 0 fully saturated rings. The lowest BCUT2D eigenvalue weighted by Gasteiger charge is -2.06. The predicted octanol–water partition coefficient (Wildman–Crippen LogP) is 5.30. The summed E-state index contributed by atoms with van der Waals surface area (Å²) in [5.41, 5.74) is 1.64. The SMILES string of the molecule is CCCCCCCCNc1nc2cc(CCCC)ccc2c(=O)o1. The molecule has 0 aliphatic heterocycles. The first-order valence-electron chi connectivity index (χ1n) is 9.42. The zero-order valence-corrected chi connectivity index (χ0v) is 15.1. The number of nitrogens with zero attached hydrogens (tertiary/aromatic N) is 1. The molecule has 0 saturated heterocycles. The number of anilines is 1. The summed E-state index contributed by atoms with van der Waals surface area (Å²) in [6.07, 6.45) is 10.8. The highest BCUT2D eigenvalue weighted by Gasteiger charge is 2.07. The van der Waals surface area contributed by atoms with Crippen molar-refractivity contribution in [3.05, 3.63) is 34.2 Å². The Kier molecular flexibility index (Phi) is 7.80. The standard InChI is InChI=1S/C20H30N2O2/c1-3-5-7-8-9-10-14-21-20-22-18-15-16(11-6-4-2)12-13-17(18)19(23)24-20/h12-13,15H,3-11,14H2,1-2H3,(H,21,22). The lowest BCUT2D eigenvalue weighted by Crippen LogP contribution is -2.09. The fourth-order valence-corrected chi connectivity index (χ4v) is 2.83. The largest absolute Gasteiger partial charge is 0.389 e. The Balaban J connectivity index is 1.94. The molecule has 0 unspecified atom stereocenters. The van der Waals surface area contributed by atoms with Crippen LogP contribution in [0.4, 0.5) is 6.01 Å². The summed E-state index contributed by atoms with van der Waals surface area (Å²) in [6, 6.07) is 6.18. The summed E-state index contributed by atoms with van der Waals surface area (Å²) in [5.74, 6) is 0. The summed E-state index contributed by atoms with van der Waals surface area (Å²) >= 11 is 0. The van der Waals surface area contributed by atoms with E-state index >= 15 is 0 Å². The Morgan fingerprint density at radius 1 is 1.00 bits per heavy atom. The lowest BCUT2D eigenvalue weighted by atomic mass is 10.1. The van der Waals surface area contributed by atoms with E-state index in [1.54, 1.807) is 0 Å². The molecule has 1 aromatic carbocycles. The van der Waals surface area contributed by atoms with E-state index in [0.29, 0.717) is 11.4 Å². The average Bonchev–Trinajstić information content (AvgIpc) is 2.59. The van der Waals surface area contributed by atoms with E-state index in [0.717, 1.165) is 37.7 Å². The molecule has 2 aromatic rings. The third kappa shape index (κ3) is 5.66. The maximum atomic E-state index is 12.1. The minimum Gasteiger partial charge on any atom is -0.389 e. The van der Waals surface area contributed by atoms with Crippen LogP contribution < -0.4 is 10.9 Å². The Labute approximate surface area is 144 Å². The molecule has 0 aliphatic carbocycles. The summed E-state index contributed by atoms with van der Waals surface area (Å²) < 4.78 is 5.28. The van der Waals surface area contributed by atoms with Gasteiger partial charge in [0.25, 0.3) is 6.01 Å². The summed E-state index contributed by atoms with van der Waals surface area (Å²) in [5, 5.41) is 3.71. The number of rotatable bonds is 11. The van der Waals surface area contributed by atoms with E-state index in [4.69, 9.17) is 4.42 Å². The van der Waals surface area contributed by atoms with E-state index in [9.17, 15) is 4.79 Å². The van der Waals surface area contributed by atoms with E-state index < -0.39 is 0 Å². The number of unbranched alkanes of at least 4 members (excludes halogenated alkanes) is 6. The van der Waals surface area contributed by atoms with Crippen molar-refractivity contribution >= 4 is 16.9 Å². The van der Waals surface area contributed by atoms with E-state index in [2.05, 4.69) is 24.1 Å². The molecule has 1 aromatic heterocycles. The Morgan fingerprint density at radius 2 is 1.75 bits per heavy atom. The van der Waals surface area contributed by atoms with Gasteiger partial charge in [0.1, 0.15) is 0 Å². The van der Waals surface area contributed by atoms with Crippen molar-refractivity contribution in [2.75, 3.05) is 11.9 Å². The normalized spacial score (nSPS) is 11.1. The van der Waals surface area contributed by atoms with Gasteiger partial charge < -0.3 is 9.73 Å². The van der Waals surface area contributed by atoms with E-state index in [1.165, 1.54) is 37.7 Å². The second-order valence-corrected chi connectivity index (χ2v) is 6.46. The van der Waals surface area contributed by atoms with Gasteiger partial charge in [0.05, 0.1) is 10.9 Å². The molecule has 4 nitrogen and oxygen atoms in total. The van der Waals surface area contributed by atoms with Crippen LogP contribution >= 0.6 is 0 Å². The summed E-state index contributed by atoms with van der Waals surface area (Å²) in [4.78, 5) is 16.6. The molecule has 0 radical (unpaired) electrons. The molecule has 4 heteroatoms. The van der Waals surface area contributed by atoms with Gasteiger partial charge in [-0.05, 0) is 37.0 Å². The molecule has 2 rings (SSSR count). The lowest BCUT2D eigenvalue weighted by molar-refractivity contribution is 0.513. The molecule has 0 bridgehead atoms. The Hall–Kier alpha value is -1.84. The zero-order valence-electron chi connectivity index (χ0n) is 15.1. The predicted molar refractivity (Wildman–Crippen MR) is 101 cm³/mol. The number of hydrogen-bond donors (Lipinski definition) is 1. The number of hydrogen-bond acceptors (Lipinski definition) is 4. The topological polar surface area (TPSA) is 55.1 Å². The molecule has 0 amide bonds. The highest BCUT2D eigenvalue weighted by molar-refractivity contribution is 5.78. The van der Waals surface area contributed by atoms with Crippen LogP contribution in [0, 0.1) is 0 Å². The first-order valence-corrected chi connectivity index (χ1v) is 9.42. The molecule has 1 heterocycles. The van der Waals surface area contributed by atoms with Gasteiger partial charge in [0.2, 0.25) is 0 Å². The molecular weight excluding hydrogens is 300 g/mol. The van der Waals surface area contributed by atoms with Crippen LogP contribution in [0.15, 0.2) is 27.4 Å². The number of nitrogens with one attached hydrogen (secondary N) is 1. The van der Waals surface area contributed by atoms with Crippen molar-refractivity contribution in [2.24, 2.45) is 0 Å². The maximum absolute atomic E-state index is 12.1. The second-order valence-electron chi connectivity index (χ2n) is 6.46. The minimum absolute atomic E-state index is 0.313. The van der Waals surface area contributed by atoms with Crippen LogP contribution in [0.25, 0.3) is 10.9 Å². The minimum atomic E-state index is -0.313. The van der Waals surface area contributed by atoms with Crippen LogP contribution in [-0.4, -0.2) is 11.5 Å². The highest BCUT2D eigenvalue weighted by atomic mass is 16.4. The van der Waals surface area contributed by atoms with Gasteiger partial charge in [0, 0.05) is 6.54 Å². The van der Waals surface area contributed by atoms with E-state index in [-0.39, 0.29) is 5.63 Å². The number of aromatic nitrogens is 1. The first-order chi connectivity index (χ1) is 11.7. The van der Waals surface area contributed by atoms with Gasteiger partial charge in [0.15, 0.2) is 0 Å². The third-order valence-corrected chi connectivity index (χ3v) is 4.32. The third-order valence-electron chi connectivity index (χ3n) is 4.32. The fourth-order valence-electron chi connectivity index (χ4n) is 2.83. The van der Waals surface area contributed by atoms with Gasteiger partial charge in [-0.1, -0.05) is 58.4 Å². The van der Waals surface area contributed by atoms with Gasteiger partial charge in [-0.15, -0.1) is 0 Å². The average molecular weight is 330 g/mol. The molecule has 0 aliphatic rings. The van der Waals surface area contributed by atoms with Crippen LogP contribution in [0.5, 0.6) is 0 Å². The maximum Gasteiger partial charge on any atom is 0.348 e. The van der Waals surface area contributed by atoms with Crippen molar-refractivity contribution in [1.29, 1.82) is 0 Å². The van der Waals surface area contributed by atoms with Gasteiger partial charge in [-0.3, -0.25) is 0 Å². The Bertz CT molecular complexity index is 679. The van der Waals surface area contributed by atoms with Crippen LogP contribution in [0.1, 0.15) is 70.8 Å². The molecular formula is C20H30N2O2. The molecule has 1 N–H and O–H groups in total. The van der Waals surface area contributed by atoms with Gasteiger partial charge >= 0.3 is 5.63 Å². The molecule has 24 heavy (non-hydrogen) atoms. The van der Waals surface area contributed by atoms with Crippen LogP contribution in [0.3, 0.4) is 0 Å². The highest BCUT2D eigenvalue weighted by Crippen LogP contribution is 2.15. The smallest absolute Gasteiger partial charge is 0.348 e. The van der Waals surface area contributed by atoms with Gasteiger partial charge in [-0.25, -0.2) is 4.79 Å². The number of benzene rings is 1. The number of aryl methyl sites for hydroxylation is 1. The summed E-state index contributed by atoms with van der Waals surface area (Å²) in [7, 11) is 0. The van der Waals surface area contributed by atoms with Crippen molar-refractivity contribution in [2.45, 2.75) is 71.6 Å². The van der Waals surface area contributed by atoms with Crippen LogP contribution in [0.2, 0.25) is 0 Å². The molecule has 132 valence electrons. The van der Waals surface area contributed by atoms with E-state index in [1.807, 2.05) is 18.2 Å². The molecule has 0 atom stereocenters. The number of fused-ring (bicyclic) bond motifs is 1. The monoisotopic (exact) mass is 330 g/mol. The second kappa shape index (κ2) is 10.1. The first kappa shape index (κ1) is 18.5. The quantitative estimate of drug-likeness (QED) is 0.568. The van der Waals surface area contributed by atoms with Crippen molar-refractivity contribution in [3.8, 4) is 0 Å². The Morgan fingerprint density at radius 3 is 2.54 bits per heavy atom. The van der Waals surface area contributed by atoms with Crippen LogP contribution in [-0.2, 0) is 6.42 Å². The summed E-state index contributed by atoms with van der Waals surface area (Å²) in [6.45, 7) is 5.20. The molecule has 0 spiro atoms. The van der Waals surface area contributed by atoms with Crippen molar-refractivity contribution < 1.29 is 4.42 Å². The van der Waals surface area contributed by atoms with Crippen molar-refractivity contribution in [3.63, 3.8) is 0 Å². The molecule has 0 saturated carbocycles. The van der Waals surface area contributed by atoms with Crippen molar-refractivity contribution in [1.82, 2.24) is 4.98 Å². The zero-order chi connectivity index (χ0) is 17.2.